The monoisotopic (exact) mass is 293 g/mol. The van der Waals surface area contributed by atoms with Crippen molar-refractivity contribution in [1.82, 2.24) is 9.78 Å². The van der Waals surface area contributed by atoms with Crippen LogP contribution in [-0.2, 0) is 13.6 Å². The molecule has 90 valence electrons. The zero-order valence-electron chi connectivity index (χ0n) is 10.3. The summed E-state index contributed by atoms with van der Waals surface area (Å²) in [7, 11) is 1.96. The number of benzene rings is 1. The average molecular weight is 294 g/mol. The number of aryl methyl sites for hydroxylation is 2. The van der Waals surface area contributed by atoms with Gasteiger partial charge in [0, 0.05) is 35.0 Å². The zero-order chi connectivity index (χ0) is 12.4. The maximum absolute atomic E-state index is 4.23. The van der Waals surface area contributed by atoms with Crippen molar-refractivity contribution in [1.29, 1.82) is 0 Å². The van der Waals surface area contributed by atoms with Crippen LogP contribution in [0.2, 0.25) is 0 Å². The SMILES string of the molecule is Cc1cc(NCc2cnn(C)c2C)ccc1Br. The van der Waals surface area contributed by atoms with E-state index in [1.807, 2.05) is 17.9 Å². The standard InChI is InChI=1S/C13H16BrN3/c1-9-6-12(4-5-13(9)14)15-7-11-8-16-17(3)10(11)2/h4-6,8,15H,7H2,1-3H3. The van der Waals surface area contributed by atoms with E-state index >= 15 is 0 Å². The first kappa shape index (κ1) is 12.2. The van der Waals surface area contributed by atoms with Crippen LogP contribution in [0.25, 0.3) is 0 Å². The Morgan fingerprint density at radius 3 is 2.71 bits per heavy atom. The summed E-state index contributed by atoms with van der Waals surface area (Å²) in [6.07, 6.45) is 1.91. The molecule has 0 saturated carbocycles. The number of nitrogens with one attached hydrogen (secondary N) is 1. The number of hydrogen-bond acceptors (Lipinski definition) is 2. The Morgan fingerprint density at radius 2 is 2.12 bits per heavy atom. The summed E-state index contributed by atoms with van der Waals surface area (Å²) in [5.41, 5.74) is 4.80. The molecular weight excluding hydrogens is 278 g/mol. The highest BCUT2D eigenvalue weighted by Gasteiger charge is 2.03. The van der Waals surface area contributed by atoms with Crippen LogP contribution in [0.3, 0.4) is 0 Å². The predicted octanol–water partition coefficient (Wildman–Crippen LogP) is 3.41. The summed E-state index contributed by atoms with van der Waals surface area (Å²) in [6, 6.07) is 6.27. The van der Waals surface area contributed by atoms with E-state index in [0.717, 1.165) is 16.7 Å². The lowest BCUT2D eigenvalue weighted by Gasteiger charge is -2.08. The molecule has 17 heavy (non-hydrogen) atoms. The van der Waals surface area contributed by atoms with Crippen LogP contribution in [-0.4, -0.2) is 9.78 Å². The molecule has 2 rings (SSSR count). The van der Waals surface area contributed by atoms with E-state index in [2.05, 4.69) is 58.4 Å². The zero-order valence-corrected chi connectivity index (χ0v) is 11.9. The summed E-state index contributed by atoms with van der Waals surface area (Å²) in [4.78, 5) is 0. The van der Waals surface area contributed by atoms with Crippen LogP contribution in [0.5, 0.6) is 0 Å². The third-order valence-electron chi connectivity index (χ3n) is 2.98. The van der Waals surface area contributed by atoms with Gasteiger partial charge in [0.05, 0.1) is 6.20 Å². The van der Waals surface area contributed by atoms with E-state index in [4.69, 9.17) is 0 Å². The van der Waals surface area contributed by atoms with Gasteiger partial charge in [0.15, 0.2) is 0 Å². The Hall–Kier alpha value is -1.29. The van der Waals surface area contributed by atoms with E-state index in [9.17, 15) is 0 Å². The van der Waals surface area contributed by atoms with Gasteiger partial charge in [-0.15, -0.1) is 0 Å². The topological polar surface area (TPSA) is 29.9 Å². The van der Waals surface area contributed by atoms with E-state index in [-0.39, 0.29) is 0 Å². The number of rotatable bonds is 3. The van der Waals surface area contributed by atoms with Gasteiger partial charge in [0.2, 0.25) is 0 Å². The molecule has 0 amide bonds. The minimum absolute atomic E-state index is 0.806. The Labute approximate surface area is 110 Å². The van der Waals surface area contributed by atoms with Crippen molar-refractivity contribution < 1.29 is 0 Å². The first-order chi connectivity index (χ1) is 8.08. The van der Waals surface area contributed by atoms with Crippen LogP contribution in [0, 0.1) is 13.8 Å². The Kier molecular flexibility index (Phi) is 3.52. The lowest BCUT2D eigenvalue weighted by Crippen LogP contribution is -2.01. The van der Waals surface area contributed by atoms with Crippen molar-refractivity contribution in [3.63, 3.8) is 0 Å². The number of hydrogen-bond donors (Lipinski definition) is 1. The number of aromatic nitrogens is 2. The fourth-order valence-electron chi connectivity index (χ4n) is 1.67. The summed E-state index contributed by atoms with van der Waals surface area (Å²) >= 11 is 3.50. The second-order valence-corrected chi connectivity index (χ2v) is 5.05. The van der Waals surface area contributed by atoms with Gasteiger partial charge in [-0.2, -0.15) is 5.10 Å². The van der Waals surface area contributed by atoms with E-state index in [1.54, 1.807) is 0 Å². The normalized spacial score (nSPS) is 10.6. The van der Waals surface area contributed by atoms with Crippen LogP contribution in [0.1, 0.15) is 16.8 Å². The molecule has 0 unspecified atom stereocenters. The second kappa shape index (κ2) is 4.92. The van der Waals surface area contributed by atoms with Gasteiger partial charge in [0.1, 0.15) is 0 Å². The minimum Gasteiger partial charge on any atom is -0.381 e. The highest BCUT2D eigenvalue weighted by molar-refractivity contribution is 9.10. The van der Waals surface area contributed by atoms with Crippen molar-refractivity contribution >= 4 is 21.6 Å². The molecule has 0 fully saturated rings. The van der Waals surface area contributed by atoms with Crippen molar-refractivity contribution in [2.45, 2.75) is 20.4 Å². The predicted molar refractivity (Wildman–Crippen MR) is 74.2 cm³/mol. The van der Waals surface area contributed by atoms with Crippen molar-refractivity contribution in [3.05, 3.63) is 45.7 Å². The summed E-state index contributed by atoms with van der Waals surface area (Å²) in [6.45, 7) is 4.97. The van der Waals surface area contributed by atoms with Crippen molar-refractivity contribution in [2.75, 3.05) is 5.32 Å². The van der Waals surface area contributed by atoms with E-state index < -0.39 is 0 Å². The molecule has 0 aliphatic heterocycles. The quantitative estimate of drug-likeness (QED) is 0.940. The van der Waals surface area contributed by atoms with Crippen molar-refractivity contribution in [2.24, 2.45) is 7.05 Å². The Balaban J connectivity index is 2.07. The highest BCUT2D eigenvalue weighted by Crippen LogP contribution is 2.20. The number of nitrogens with zero attached hydrogens (tertiary/aromatic N) is 2. The molecule has 1 aromatic heterocycles. The first-order valence-corrected chi connectivity index (χ1v) is 6.34. The molecular formula is C13H16BrN3. The van der Waals surface area contributed by atoms with Gasteiger partial charge >= 0.3 is 0 Å². The molecule has 3 nitrogen and oxygen atoms in total. The summed E-state index contributed by atoms with van der Waals surface area (Å²) in [5, 5.41) is 7.64. The molecule has 1 heterocycles. The Morgan fingerprint density at radius 1 is 1.35 bits per heavy atom. The van der Waals surface area contributed by atoms with Gasteiger partial charge in [-0.3, -0.25) is 4.68 Å². The molecule has 0 saturated heterocycles. The van der Waals surface area contributed by atoms with Gasteiger partial charge in [-0.05, 0) is 37.6 Å². The van der Waals surface area contributed by atoms with E-state index in [0.29, 0.717) is 0 Å². The smallest absolute Gasteiger partial charge is 0.0542 e. The highest BCUT2D eigenvalue weighted by atomic mass is 79.9. The maximum Gasteiger partial charge on any atom is 0.0542 e. The lowest BCUT2D eigenvalue weighted by atomic mass is 10.2. The molecule has 0 radical (unpaired) electrons. The van der Waals surface area contributed by atoms with Gasteiger partial charge < -0.3 is 5.32 Å². The summed E-state index contributed by atoms with van der Waals surface area (Å²) < 4.78 is 3.03. The second-order valence-electron chi connectivity index (χ2n) is 4.20. The molecule has 0 bridgehead atoms. The third kappa shape index (κ3) is 2.69. The molecule has 0 spiro atoms. The first-order valence-electron chi connectivity index (χ1n) is 5.55. The molecule has 1 N–H and O–H groups in total. The largest absolute Gasteiger partial charge is 0.381 e. The molecule has 0 aliphatic rings. The maximum atomic E-state index is 4.23. The number of halogens is 1. The van der Waals surface area contributed by atoms with Crippen LogP contribution >= 0.6 is 15.9 Å². The van der Waals surface area contributed by atoms with E-state index in [1.165, 1.54) is 16.8 Å². The van der Waals surface area contributed by atoms with Crippen molar-refractivity contribution in [3.8, 4) is 0 Å². The molecule has 0 atom stereocenters. The Bertz CT molecular complexity index is 531. The molecule has 1 aromatic carbocycles. The van der Waals surface area contributed by atoms with Gasteiger partial charge in [-0.1, -0.05) is 15.9 Å². The minimum atomic E-state index is 0.806. The lowest BCUT2D eigenvalue weighted by molar-refractivity contribution is 0.738. The number of anilines is 1. The fraction of sp³-hybridized carbons (Fsp3) is 0.308. The van der Waals surface area contributed by atoms with Crippen LogP contribution in [0.4, 0.5) is 5.69 Å². The van der Waals surface area contributed by atoms with Gasteiger partial charge in [-0.25, -0.2) is 0 Å². The molecule has 0 aliphatic carbocycles. The van der Waals surface area contributed by atoms with Crippen LogP contribution in [0.15, 0.2) is 28.9 Å². The third-order valence-corrected chi connectivity index (χ3v) is 3.87. The fourth-order valence-corrected chi connectivity index (χ4v) is 1.92. The molecule has 2 aromatic rings. The molecule has 4 heteroatoms. The van der Waals surface area contributed by atoms with Gasteiger partial charge in [0.25, 0.3) is 0 Å². The summed E-state index contributed by atoms with van der Waals surface area (Å²) in [5.74, 6) is 0. The van der Waals surface area contributed by atoms with Crippen LogP contribution < -0.4 is 5.32 Å². The average Bonchev–Trinajstić information content (AvgIpc) is 2.62.